The van der Waals surface area contributed by atoms with E-state index in [1.807, 2.05) is 12.2 Å². The lowest BCUT2D eigenvalue weighted by Gasteiger charge is -2.04. The van der Waals surface area contributed by atoms with Crippen LogP contribution in [0.4, 0.5) is 0 Å². The van der Waals surface area contributed by atoms with Gasteiger partial charge in [-0.05, 0) is 37.1 Å². The van der Waals surface area contributed by atoms with E-state index in [1.54, 1.807) is 0 Å². The van der Waals surface area contributed by atoms with Gasteiger partial charge in [-0.15, -0.1) is 12.2 Å². The fourth-order valence-corrected chi connectivity index (χ4v) is 1.92. The summed E-state index contributed by atoms with van der Waals surface area (Å²) in [5.74, 6) is 2.76. The van der Waals surface area contributed by atoms with Crippen LogP contribution in [0.25, 0.3) is 6.08 Å². The molecular formula is C20H18. The van der Waals surface area contributed by atoms with Crippen LogP contribution in [0.1, 0.15) is 28.2 Å². The van der Waals surface area contributed by atoms with Crippen molar-refractivity contribution in [2.45, 2.75) is 19.8 Å². The molecule has 0 aliphatic heterocycles. The predicted molar refractivity (Wildman–Crippen MR) is 86.5 cm³/mol. The van der Waals surface area contributed by atoms with Crippen LogP contribution in [-0.2, 0) is 0 Å². The first-order chi connectivity index (χ1) is 9.69. The Labute approximate surface area is 121 Å². The van der Waals surface area contributed by atoms with E-state index in [2.05, 4.69) is 74.0 Å². The molecular weight excluding hydrogens is 240 g/mol. The number of hydrogen-bond donors (Lipinski definition) is 0. The third-order valence-corrected chi connectivity index (χ3v) is 3.21. The van der Waals surface area contributed by atoms with Gasteiger partial charge in [-0.1, -0.05) is 65.6 Å². The van der Waals surface area contributed by atoms with Gasteiger partial charge in [0.05, 0.1) is 5.92 Å². The normalized spacial score (nSPS) is 11.1. The summed E-state index contributed by atoms with van der Waals surface area (Å²) in [5, 5.41) is 0. The fraction of sp³-hybridized carbons (Fsp3) is 0.150. The summed E-state index contributed by atoms with van der Waals surface area (Å²) in [7, 11) is 0. The van der Waals surface area contributed by atoms with Crippen molar-refractivity contribution in [3.05, 3.63) is 82.6 Å². The summed E-state index contributed by atoms with van der Waals surface area (Å²) in [6.07, 6.45) is 9.50. The average Bonchev–Trinajstić information content (AvgIpc) is 2.47. The second-order valence-electron chi connectivity index (χ2n) is 4.94. The number of benzene rings is 2. The summed E-state index contributed by atoms with van der Waals surface area (Å²) in [6.45, 7) is 4.15. The van der Waals surface area contributed by atoms with Crippen molar-refractivity contribution < 1.29 is 0 Å². The third-order valence-electron chi connectivity index (χ3n) is 3.21. The van der Waals surface area contributed by atoms with Crippen molar-refractivity contribution in [3.8, 4) is 12.3 Å². The van der Waals surface area contributed by atoms with Crippen LogP contribution in [0.5, 0.6) is 0 Å². The van der Waals surface area contributed by atoms with Gasteiger partial charge in [-0.3, -0.25) is 0 Å². The van der Waals surface area contributed by atoms with E-state index in [4.69, 9.17) is 6.42 Å². The summed E-state index contributed by atoms with van der Waals surface area (Å²) < 4.78 is 0. The molecule has 0 aromatic heterocycles. The fourth-order valence-electron chi connectivity index (χ4n) is 1.92. The first kappa shape index (κ1) is 13.9. The Morgan fingerprint density at radius 2 is 1.45 bits per heavy atom. The molecule has 2 aromatic rings. The molecule has 0 saturated heterocycles. The van der Waals surface area contributed by atoms with Crippen LogP contribution in [0, 0.1) is 26.2 Å². The van der Waals surface area contributed by atoms with Gasteiger partial charge < -0.3 is 0 Å². The van der Waals surface area contributed by atoms with Gasteiger partial charge in [0.2, 0.25) is 0 Å². The standard InChI is InChI=1S/C20H18/c1-4-19(20-14-10-17(3)11-15-20)7-5-6-18-12-8-16(2)9-13-18/h1,6-15,19H,2-3H3. The number of terminal acetylenes is 1. The molecule has 1 unspecified atom stereocenters. The minimum Gasteiger partial charge on any atom is -0.123 e. The summed E-state index contributed by atoms with van der Waals surface area (Å²) in [4.78, 5) is 0. The van der Waals surface area contributed by atoms with E-state index >= 15 is 0 Å². The topological polar surface area (TPSA) is 0 Å². The van der Waals surface area contributed by atoms with E-state index in [1.165, 1.54) is 11.1 Å². The molecule has 2 aromatic carbocycles. The lowest BCUT2D eigenvalue weighted by atomic mass is 9.99. The van der Waals surface area contributed by atoms with Crippen LogP contribution in [0.15, 0.2) is 60.3 Å². The molecule has 0 nitrogen and oxygen atoms in total. The van der Waals surface area contributed by atoms with Gasteiger partial charge >= 0.3 is 0 Å². The largest absolute Gasteiger partial charge is 0.123 e. The van der Waals surface area contributed by atoms with Crippen molar-refractivity contribution in [3.63, 3.8) is 0 Å². The SMILES string of the molecule is C#CC(C=C=Cc1ccc(C)cc1)c1ccc(C)cc1. The van der Waals surface area contributed by atoms with Gasteiger partial charge in [-0.2, -0.15) is 0 Å². The Morgan fingerprint density at radius 1 is 0.900 bits per heavy atom. The maximum Gasteiger partial charge on any atom is 0.0703 e. The molecule has 0 radical (unpaired) electrons. The smallest absolute Gasteiger partial charge is 0.0703 e. The molecule has 0 fully saturated rings. The summed E-state index contributed by atoms with van der Waals surface area (Å²) >= 11 is 0. The maximum absolute atomic E-state index is 5.61. The number of hydrogen-bond acceptors (Lipinski definition) is 0. The Balaban J connectivity index is 2.17. The number of rotatable bonds is 3. The lowest BCUT2D eigenvalue weighted by Crippen LogP contribution is -1.90. The summed E-state index contributed by atoms with van der Waals surface area (Å²) in [6, 6.07) is 16.6. The van der Waals surface area contributed by atoms with Gasteiger partial charge in [-0.25, -0.2) is 0 Å². The minimum atomic E-state index is -0.0303. The Bertz CT molecular complexity index is 657. The molecule has 0 heterocycles. The third kappa shape index (κ3) is 3.75. The highest BCUT2D eigenvalue weighted by Gasteiger charge is 2.02. The highest BCUT2D eigenvalue weighted by molar-refractivity contribution is 5.49. The Kier molecular flexibility index (Phi) is 4.61. The van der Waals surface area contributed by atoms with Crippen LogP contribution in [0.3, 0.4) is 0 Å². The molecule has 0 saturated carbocycles. The van der Waals surface area contributed by atoms with E-state index in [-0.39, 0.29) is 5.92 Å². The van der Waals surface area contributed by atoms with Crippen molar-refractivity contribution in [1.82, 2.24) is 0 Å². The average molecular weight is 258 g/mol. The molecule has 0 aliphatic carbocycles. The van der Waals surface area contributed by atoms with Crippen molar-refractivity contribution in [2.75, 3.05) is 0 Å². The maximum atomic E-state index is 5.61. The van der Waals surface area contributed by atoms with E-state index in [0.29, 0.717) is 0 Å². The monoisotopic (exact) mass is 258 g/mol. The molecule has 0 heteroatoms. The van der Waals surface area contributed by atoms with Crippen LogP contribution in [-0.4, -0.2) is 0 Å². The molecule has 0 aliphatic rings. The molecule has 0 amide bonds. The zero-order valence-corrected chi connectivity index (χ0v) is 11.9. The molecule has 1 atom stereocenters. The van der Waals surface area contributed by atoms with Crippen LogP contribution >= 0.6 is 0 Å². The minimum absolute atomic E-state index is 0.0303. The highest BCUT2D eigenvalue weighted by Crippen LogP contribution is 2.16. The molecule has 0 bridgehead atoms. The quantitative estimate of drug-likeness (QED) is 0.543. The van der Waals surface area contributed by atoms with Gasteiger partial charge in [0.1, 0.15) is 0 Å². The van der Waals surface area contributed by atoms with E-state index < -0.39 is 0 Å². The Morgan fingerprint density at radius 3 is 2.00 bits per heavy atom. The zero-order chi connectivity index (χ0) is 14.4. The van der Waals surface area contributed by atoms with Crippen LogP contribution in [0.2, 0.25) is 0 Å². The number of aryl methyl sites for hydroxylation is 2. The van der Waals surface area contributed by atoms with Crippen molar-refractivity contribution in [2.24, 2.45) is 0 Å². The first-order valence-electron chi connectivity index (χ1n) is 6.71. The molecule has 2 rings (SSSR count). The van der Waals surface area contributed by atoms with Gasteiger partial charge in [0.25, 0.3) is 0 Å². The highest BCUT2D eigenvalue weighted by atomic mass is 14.0. The second-order valence-corrected chi connectivity index (χ2v) is 4.94. The molecule has 0 spiro atoms. The Hall–Kier alpha value is -2.48. The van der Waals surface area contributed by atoms with E-state index in [9.17, 15) is 0 Å². The molecule has 20 heavy (non-hydrogen) atoms. The van der Waals surface area contributed by atoms with Gasteiger partial charge in [0.15, 0.2) is 0 Å². The number of allylic oxidation sites excluding steroid dienone is 1. The van der Waals surface area contributed by atoms with Crippen molar-refractivity contribution >= 4 is 6.08 Å². The lowest BCUT2D eigenvalue weighted by molar-refractivity contribution is 1.13. The van der Waals surface area contributed by atoms with E-state index in [0.717, 1.165) is 11.1 Å². The van der Waals surface area contributed by atoms with Crippen molar-refractivity contribution in [1.29, 1.82) is 0 Å². The van der Waals surface area contributed by atoms with Gasteiger partial charge in [0, 0.05) is 0 Å². The summed E-state index contributed by atoms with van der Waals surface area (Å²) in [5.41, 5.74) is 7.95. The zero-order valence-electron chi connectivity index (χ0n) is 11.9. The molecule has 98 valence electrons. The predicted octanol–water partition coefficient (Wildman–Crippen LogP) is 4.89. The van der Waals surface area contributed by atoms with Crippen LogP contribution < -0.4 is 0 Å². The molecule has 0 N–H and O–H groups in total. The second kappa shape index (κ2) is 6.62. The first-order valence-corrected chi connectivity index (χ1v) is 6.71.